The summed E-state index contributed by atoms with van der Waals surface area (Å²) in [5.74, 6) is 1.33. The van der Waals surface area contributed by atoms with Gasteiger partial charge < -0.3 is 4.74 Å². The van der Waals surface area contributed by atoms with Gasteiger partial charge in [0.1, 0.15) is 12.4 Å². The first-order valence-corrected chi connectivity index (χ1v) is 4.55. The summed E-state index contributed by atoms with van der Waals surface area (Å²) < 4.78 is 5.36. The predicted octanol–water partition coefficient (Wildman–Crippen LogP) is 2.18. The van der Waals surface area contributed by atoms with Gasteiger partial charge in [-0.1, -0.05) is 0 Å². The minimum atomic E-state index is 0.503. The van der Waals surface area contributed by atoms with Crippen molar-refractivity contribution in [1.29, 1.82) is 0 Å². The van der Waals surface area contributed by atoms with Gasteiger partial charge >= 0.3 is 0 Å². The number of alkyl halides is 1. The highest BCUT2D eigenvalue weighted by atomic mass is 35.5. The molecule has 0 saturated heterocycles. The Morgan fingerprint density at radius 3 is 3.23 bits per heavy atom. The lowest BCUT2D eigenvalue weighted by atomic mass is 10.2. The Hall–Kier alpha value is -1.22. The standard InChI is InChI=1S/C9H9ClN2O/c10-3-4-13-8-1-2-9-7(5-8)6-11-12-9/h1-2,5-6H,3-4H2,(H,11,12). The van der Waals surface area contributed by atoms with Gasteiger partial charge in [-0.3, -0.25) is 5.10 Å². The van der Waals surface area contributed by atoms with Crippen molar-refractivity contribution in [1.82, 2.24) is 10.2 Å². The molecule has 0 aliphatic rings. The Kier molecular flexibility index (Phi) is 2.36. The summed E-state index contributed by atoms with van der Waals surface area (Å²) >= 11 is 5.51. The fourth-order valence-corrected chi connectivity index (χ4v) is 1.24. The normalized spacial score (nSPS) is 10.5. The number of halogens is 1. The fourth-order valence-electron chi connectivity index (χ4n) is 1.17. The quantitative estimate of drug-likeness (QED) is 0.765. The molecule has 13 heavy (non-hydrogen) atoms. The van der Waals surface area contributed by atoms with E-state index in [1.807, 2.05) is 18.2 Å². The Balaban J connectivity index is 2.26. The van der Waals surface area contributed by atoms with Crippen LogP contribution in [0, 0.1) is 0 Å². The van der Waals surface area contributed by atoms with E-state index >= 15 is 0 Å². The molecule has 0 amide bonds. The van der Waals surface area contributed by atoms with Crippen LogP contribution in [0.3, 0.4) is 0 Å². The molecule has 1 heterocycles. The first kappa shape index (κ1) is 8.38. The summed E-state index contributed by atoms with van der Waals surface area (Å²) in [7, 11) is 0. The summed E-state index contributed by atoms with van der Waals surface area (Å²) in [4.78, 5) is 0. The third-order valence-electron chi connectivity index (χ3n) is 1.76. The second-order valence-corrected chi connectivity index (χ2v) is 3.03. The average molecular weight is 197 g/mol. The Morgan fingerprint density at radius 2 is 2.38 bits per heavy atom. The summed E-state index contributed by atoms with van der Waals surface area (Å²) in [6.45, 7) is 0.533. The van der Waals surface area contributed by atoms with E-state index in [1.54, 1.807) is 6.20 Å². The molecule has 2 rings (SSSR count). The largest absolute Gasteiger partial charge is 0.492 e. The topological polar surface area (TPSA) is 37.9 Å². The SMILES string of the molecule is ClCCOc1ccc2[nH]ncc2c1. The molecule has 0 unspecified atom stereocenters. The van der Waals surface area contributed by atoms with Crippen LogP contribution < -0.4 is 4.74 Å². The van der Waals surface area contributed by atoms with Crippen molar-refractivity contribution in [3.63, 3.8) is 0 Å². The van der Waals surface area contributed by atoms with Gasteiger partial charge in [0, 0.05) is 5.39 Å². The number of nitrogens with zero attached hydrogens (tertiary/aromatic N) is 1. The van der Waals surface area contributed by atoms with Crippen molar-refractivity contribution in [2.45, 2.75) is 0 Å². The number of benzene rings is 1. The molecule has 68 valence electrons. The van der Waals surface area contributed by atoms with Crippen LogP contribution in [0.15, 0.2) is 24.4 Å². The van der Waals surface area contributed by atoms with Crippen LogP contribution in [0.2, 0.25) is 0 Å². The monoisotopic (exact) mass is 196 g/mol. The fraction of sp³-hybridized carbons (Fsp3) is 0.222. The van der Waals surface area contributed by atoms with Crippen LogP contribution in [0.25, 0.3) is 10.9 Å². The highest BCUT2D eigenvalue weighted by Gasteiger charge is 1.97. The zero-order valence-electron chi connectivity index (χ0n) is 6.96. The molecule has 0 radical (unpaired) electrons. The van der Waals surface area contributed by atoms with Crippen LogP contribution in [0.1, 0.15) is 0 Å². The lowest BCUT2D eigenvalue weighted by Gasteiger charge is -2.02. The molecule has 3 nitrogen and oxygen atoms in total. The molecular weight excluding hydrogens is 188 g/mol. The number of hydrogen-bond donors (Lipinski definition) is 1. The van der Waals surface area contributed by atoms with Crippen LogP contribution in [-0.4, -0.2) is 22.7 Å². The lowest BCUT2D eigenvalue weighted by Crippen LogP contribution is -1.97. The zero-order chi connectivity index (χ0) is 9.10. The van der Waals surface area contributed by atoms with E-state index in [-0.39, 0.29) is 0 Å². The summed E-state index contributed by atoms with van der Waals surface area (Å²) in [5, 5.41) is 7.84. The molecule has 1 aromatic carbocycles. The summed E-state index contributed by atoms with van der Waals surface area (Å²) in [6, 6.07) is 5.77. The number of H-pyrrole nitrogens is 1. The Morgan fingerprint density at radius 1 is 1.46 bits per heavy atom. The van der Waals surface area contributed by atoms with E-state index in [1.165, 1.54) is 0 Å². The smallest absolute Gasteiger partial charge is 0.120 e. The molecule has 4 heteroatoms. The summed E-state index contributed by atoms with van der Waals surface area (Å²) in [5.41, 5.74) is 1.01. The highest BCUT2D eigenvalue weighted by molar-refractivity contribution is 6.18. The molecule has 0 spiro atoms. The van der Waals surface area contributed by atoms with E-state index in [2.05, 4.69) is 10.2 Å². The second-order valence-electron chi connectivity index (χ2n) is 2.66. The molecule has 0 atom stereocenters. The van der Waals surface area contributed by atoms with E-state index < -0.39 is 0 Å². The Labute approximate surface area is 80.7 Å². The maximum absolute atomic E-state index is 5.51. The number of ether oxygens (including phenoxy) is 1. The second kappa shape index (κ2) is 3.66. The maximum Gasteiger partial charge on any atom is 0.120 e. The third-order valence-corrected chi connectivity index (χ3v) is 1.91. The predicted molar refractivity (Wildman–Crippen MR) is 52.3 cm³/mol. The van der Waals surface area contributed by atoms with E-state index in [0.29, 0.717) is 12.5 Å². The van der Waals surface area contributed by atoms with Crippen molar-refractivity contribution in [2.24, 2.45) is 0 Å². The first-order valence-electron chi connectivity index (χ1n) is 4.02. The summed E-state index contributed by atoms with van der Waals surface area (Å²) in [6.07, 6.45) is 1.77. The Bertz CT molecular complexity index is 399. The van der Waals surface area contributed by atoms with Gasteiger partial charge in [0.2, 0.25) is 0 Å². The van der Waals surface area contributed by atoms with Gasteiger partial charge in [-0.05, 0) is 18.2 Å². The molecule has 0 aliphatic carbocycles. The van der Waals surface area contributed by atoms with Gasteiger partial charge in [0.15, 0.2) is 0 Å². The van der Waals surface area contributed by atoms with Crippen LogP contribution in [0.4, 0.5) is 0 Å². The molecule has 0 aliphatic heterocycles. The number of rotatable bonds is 3. The zero-order valence-corrected chi connectivity index (χ0v) is 7.71. The van der Waals surface area contributed by atoms with Gasteiger partial charge in [-0.25, -0.2) is 0 Å². The maximum atomic E-state index is 5.51. The van der Waals surface area contributed by atoms with Crippen molar-refractivity contribution in [2.75, 3.05) is 12.5 Å². The average Bonchev–Trinajstić information content (AvgIpc) is 2.61. The molecule has 1 aromatic heterocycles. The van der Waals surface area contributed by atoms with Gasteiger partial charge in [-0.15, -0.1) is 11.6 Å². The number of nitrogens with one attached hydrogen (secondary N) is 1. The lowest BCUT2D eigenvalue weighted by molar-refractivity contribution is 0.343. The van der Waals surface area contributed by atoms with Gasteiger partial charge in [-0.2, -0.15) is 5.10 Å². The minimum absolute atomic E-state index is 0.503. The van der Waals surface area contributed by atoms with E-state index in [0.717, 1.165) is 16.7 Å². The molecule has 0 fully saturated rings. The van der Waals surface area contributed by atoms with Gasteiger partial charge in [0.05, 0.1) is 17.6 Å². The number of fused-ring (bicyclic) bond motifs is 1. The van der Waals surface area contributed by atoms with Crippen molar-refractivity contribution >= 4 is 22.5 Å². The van der Waals surface area contributed by atoms with Crippen molar-refractivity contribution < 1.29 is 4.74 Å². The number of aromatic nitrogens is 2. The molecule has 0 bridgehead atoms. The van der Waals surface area contributed by atoms with Crippen LogP contribution in [0.5, 0.6) is 5.75 Å². The molecule has 2 aromatic rings. The van der Waals surface area contributed by atoms with Crippen LogP contribution >= 0.6 is 11.6 Å². The van der Waals surface area contributed by atoms with E-state index in [4.69, 9.17) is 16.3 Å². The first-order chi connectivity index (χ1) is 6.40. The van der Waals surface area contributed by atoms with Crippen molar-refractivity contribution in [3.8, 4) is 5.75 Å². The highest BCUT2D eigenvalue weighted by Crippen LogP contribution is 2.18. The number of aromatic amines is 1. The molecular formula is C9H9ClN2O. The minimum Gasteiger partial charge on any atom is -0.492 e. The number of hydrogen-bond acceptors (Lipinski definition) is 2. The molecule has 0 saturated carbocycles. The van der Waals surface area contributed by atoms with Crippen molar-refractivity contribution in [3.05, 3.63) is 24.4 Å². The van der Waals surface area contributed by atoms with Gasteiger partial charge in [0.25, 0.3) is 0 Å². The van der Waals surface area contributed by atoms with E-state index in [9.17, 15) is 0 Å². The third kappa shape index (κ3) is 1.75. The molecule has 1 N–H and O–H groups in total. The van der Waals surface area contributed by atoms with Crippen LogP contribution in [-0.2, 0) is 0 Å².